The van der Waals surface area contributed by atoms with Crippen LogP contribution in [0.4, 0.5) is 0 Å². The lowest BCUT2D eigenvalue weighted by Crippen LogP contribution is -2.44. The third-order valence-corrected chi connectivity index (χ3v) is 3.23. The smallest absolute Gasteiger partial charge is 0.329 e. The van der Waals surface area contributed by atoms with Crippen molar-refractivity contribution >= 4 is 11.9 Å². The van der Waals surface area contributed by atoms with Crippen LogP contribution < -0.4 is 5.32 Å². The van der Waals surface area contributed by atoms with Gasteiger partial charge in [-0.25, -0.2) is 4.79 Å². The molecular weight excluding hydrogens is 210 g/mol. The molecule has 1 heterocycles. The fraction of sp³-hybridized carbons (Fsp3) is 0.818. The molecule has 1 aliphatic heterocycles. The lowest BCUT2D eigenvalue weighted by molar-refractivity contribution is -0.143. The van der Waals surface area contributed by atoms with Gasteiger partial charge in [-0.3, -0.25) is 4.79 Å². The van der Waals surface area contributed by atoms with Crippen LogP contribution in [0.2, 0.25) is 0 Å². The number of nitrogens with one attached hydrogen (secondary N) is 1. The first-order valence-corrected chi connectivity index (χ1v) is 5.78. The Morgan fingerprint density at radius 2 is 2.12 bits per heavy atom. The topological polar surface area (TPSA) is 75.6 Å². The minimum absolute atomic E-state index is 0.0293. The third kappa shape index (κ3) is 2.52. The van der Waals surface area contributed by atoms with E-state index >= 15 is 0 Å². The second-order valence-electron chi connectivity index (χ2n) is 4.63. The molecule has 1 atom stereocenters. The van der Waals surface area contributed by atoms with Gasteiger partial charge in [0.25, 0.3) is 0 Å². The summed E-state index contributed by atoms with van der Waals surface area (Å²) in [6.45, 7) is 0.710. The molecule has 5 heteroatoms. The molecule has 90 valence electrons. The zero-order chi connectivity index (χ0) is 11.6. The Labute approximate surface area is 94.2 Å². The second-order valence-corrected chi connectivity index (χ2v) is 4.63. The average Bonchev–Trinajstić information content (AvgIpc) is 3.00. The summed E-state index contributed by atoms with van der Waals surface area (Å²) in [5, 5.41) is 11.5. The standard InChI is InChI=1S/C11H17NO4/c13-9(7-8-3-1-2-6-16-8)12-11(4-5-11)10(14)15/h8H,1-7H2,(H,12,13)(H,14,15). The normalized spacial score (nSPS) is 27.1. The highest BCUT2D eigenvalue weighted by Gasteiger charge is 2.51. The van der Waals surface area contributed by atoms with Gasteiger partial charge in [-0.2, -0.15) is 0 Å². The van der Waals surface area contributed by atoms with Crippen molar-refractivity contribution in [3.8, 4) is 0 Å². The summed E-state index contributed by atoms with van der Waals surface area (Å²) in [7, 11) is 0. The molecule has 2 fully saturated rings. The molecule has 1 aliphatic carbocycles. The Morgan fingerprint density at radius 3 is 2.62 bits per heavy atom. The Hall–Kier alpha value is -1.10. The van der Waals surface area contributed by atoms with Crippen molar-refractivity contribution < 1.29 is 19.4 Å². The molecule has 0 bridgehead atoms. The predicted molar refractivity (Wildman–Crippen MR) is 56.0 cm³/mol. The van der Waals surface area contributed by atoms with Crippen LogP contribution >= 0.6 is 0 Å². The fourth-order valence-electron chi connectivity index (χ4n) is 2.01. The van der Waals surface area contributed by atoms with Crippen LogP contribution in [0.25, 0.3) is 0 Å². The zero-order valence-electron chi connectivity index (χ0n) is 9.20. The van der Waals surface area contributed by atoms with Crippen molar-refractivity contribution in [1.82, 2.24) is 5.32 Å². The molecule has 2 aliphatic rings. The van der Waals surface area contributed by atoms with E-state index in [9.17, 15) is 9.59 Å². The summed E-state index contributed by atoms with van der Waals surface area (Å²) < 4.78 is 5.44. The lowest BCUT2D eigenvalue weighted by atomic mass is 10.1. The van der Waals surface area contributed by atoms with Crippen LogP contribution in [0, 0.1) is 0 Å². The molecule has 0 aromatic rings. The van der Waals surface area contributed by atoms with Gasteiger partial charge in [-0.1, -0.05) is 0 Å². The summed E-state index contributed by atoms with van der Waals surface area (Å²) in [5.74, 6) is -1.13. The maximum atomic E-state index is 11.6. The number of ether oxygens (including phenoxy) is 1. The number of carbonyl (C=O) groups excluding carboxylic acids is 1. The van der Waals surface area contributed by atoms with E-state index in [-0.39, 0.29) is 18.4 Å². The van der Waals surface area contributed by atoms with Gasteiger partial charge in [0.15, 0.2) is 0 Å². The fourth-order valence-corrected chi connectivity index (χ4v) is 2.01. The van der Waals surface area contributed by atoms with Crippen LogP contribution in [-0.4, -0.2) is 35.2 Å². The monoisotopic (exact) mass is 227 g/mol. The molecule has 1 saturated heterocycles. The van der Waals surface area contributed by atoms with Crippen LogP contribution in [0.15, 0.2) is 0 Å². The molecule has 0 aromatic heterocycles. The van der Waals surface area contributed by atoms with E-state index in [4.69, 9.17) is 9.84 Å². The van der Waals surface area contributed by atoms with Gasteiger partial charge < -0.3 is 15.2 Å². The summed E-state index contributed by atoms with van der Waals surface area (Å²) in [5.41, 5.74) is -0.967. The molecule has 0 spiro atoms. The first kappa shape index (κ1) is 11.4. The van der Waals surface area contributed by atoms with Gasteiger partial charge >= 0.3 is 5.97 Å². The van der Waals surface area contributed by atoms with E-state index < -0.39 is 11.5 Å². The molecule has 0 radical (unpaired) electrons. The largest absolute Gasteiger partial charge is 0.480 e. The average molecular weight is 227 g/mol. The molecule has 0 aromatic carbocycles. The lowest BCUT2D eigenvalue weighted by Gasteiger charge is -2.22. The third-order valence-electron chi connectivity index (χ3n) is 3.23. The van der Waals surface area contributed by atoms with Crippen molar-refractivity contribution in [1.29, 1.82) is 0 Å². The summed E-state index contributed by atoms with van der Waals surface area (Å²) in [6, 6.07) is 0. The number of aliphatic carboxylic acids is 1. The molecule has 2 rings (SSSR count). The number of carboxylic acid groups (broad SMARTS) is 1. The highest BCUT2D eigenvalue weighted by atomic mass is 16.5. The number of carboxylic acids is 1. The van der Waals surface area contributed by atoms with Crippen LogP contribution in [0.5, 0.6) is 0 Å². The summed E-state index contributed by atoms with van der Waals surface area (Å²) >= 11 is 0. The highest BCUT2D eigenvalue weighted by Crippen LogP contribution is 2.35. The molecule has 16 heavy (non-hydrogen) atoms. The van der Waals surface area contributed by atoms with Crippen molar-refractivity contribution in [2.75, 3.05) is 6.61 Å². The Morgan fingerprint density at radius 1 is 1.38 bits per heavy atom. The molecule has 1 amide bonds. The van der Waals surface area contributed by atoms with Gasteiger partial charge in [0.1, 0.15) is 5.54 Å². The van der Waals surface area contributed by atoms with Crippen molar-refractivity contribution in [2.24, 2.45) is 0 Å². The van der Waals surface area contributed by atoms with Crippen LogP contribution in [-0.2, 0) is 14.3 Å². The molecular formula is C11H17NO4. The summed E-state index contributed by atoms with van der Waals surface area (Å²) in [6.07, 6.45) is 4.37. The maximum Gasteiger partial charge on any atom is 0.329 e. The number of amides is 1. The van der Waals surface area contributed by atoms with Crippen LogP contribution in [0.1, 0.15) is 38.5 Å². The highest BCUT2D eigenvalue weighted by molar-refractivity contribution is 5.89. The van der Waals surface area contributed by atoms with Gasteiger partial charge in [0.2, 0.25) is 5.91 Å². The second kappa shape index (κ2) is 4.41. The van der Waals surface area contributed by atoms with Crippen molar-refractivity contribution in [3.63, 3.8) is 0 Å². The number of carbonyl (C=O) groups is 2. The molecule has 1 unspecified atom stereocenters. The SMILES string of the molecule is O=C(CC1CCCCO1)NC1(C(=O)O)CC1. The number of hydrogen-bond acceptors (Lipinski definition) is 3. The van der Waals surface area contributed by atoms with Crippen molar-refractivity contribution in [3.05, 3.63) is 0 Å². The van der Waals surface area contributed by atoms with Gasteiger partial charge in [0, 0.05) is 6.61 Å². The minimum Gasteiger partial charge on any atom is -0.480 e. The number of hydrogen-bond donors (Lipinski definition) is 2. The van der Waals surface area contributed by atoms with Gasteiger partial charge in [-0.05, 0) is 32.1 Å². The quantitative estimate of drug-likeness (QED) is 0.740. The number of rotatable bonds is 4. The molecule has 2 N–H and O–H groups in total. The molecule has 5 nitrogen and oxygen atoms in total. The van der Waals surface area contributed by atoms with E-state index in [0.717, 1.165) is 19.3 Å². The zero-order valence-corrected chi connectivity index (χ0v) is 9.20. The predicted octanol–water partition coefficient (Wildman–Crippen LogP) is 0.679. The van der Waals surface area contributed by atoms with Crippen LogP contribution in [0.3, 0.4) is 0 Å². The first-order valence-electron chi connectivity index (χ1n) is 5.78. The van der Waals surface area contributed by atoms with Crippen molar-refractivity contribution in [2.45, 2.75) is 50.2 Å². The maximum absolute atomic E-state index is 11.6. The van der Waals surface area contributed by atoms with E-state index in [1.807, 2.05) is 0 Å². The van der Waals surface area contributed by atoms with Gasteiger partial charge in [-0.15, -0.1) is 0 Å². The first-order chi connectivity index (χ1) is 7.62. The Bertz CT molecular complexity index is 292. The van der Waals surface area contributed by atoms with E-state index in [0.29, 0.717) is 19.4 Å². The Balaban J connectivity index is 1.78. The van der Waals surface area contributed by atoms with Gasteiger partial charge in [0.05, 0.1) is 12.5 Å². The summed E-state index contributed by atoms with van der Waals surface area (Å²) in [4.78, 5) is 22.5. The Kier molecular flexibility index (Phi) is 3.14. The van der Waals surface area contributed by atoms with E-state index in [1.165, 1.54) is 0 Å². The molecule has 1 saturated carbocycles. The minimum atomic E-state index is -0.967. The van der Waals surface area contributed by atoms with E-state index in [1.54, 1.807) is 0 Å². The van der Waals surface area contributed by atoms with E-state index in [2.05, 4.69) is 5.32 Å².